The summed E-state index contributed by atoms with van der Waals surface area (Å²) in [5, 5.41) is 9.76. The van der Waals surface area contributed by atoms with Crippen LogP contribution in [-0.2, 0) is 6.42 Å². The summed E-state index contributed by atoms with van der Waals surface area (Å²) in [6.07, 6.45) is 14.5. The number of aliphatic hydroxyl groups is 1. The molecule has 1 heterocycles. The summed E-state index contributed by atoms with van der Waals surface area (Å²) >= 11 is 1.90. The number of rotatable bonds is 3. The number of thiophene rings is 1. The zero-order valence-corrected chi connectivity index (χ0v) is 14.4. The molecule has 0 radical (unpaired) electrons. The average Bonchev–Trinajstić information content (AvgIpc) is 3.10. The van der Waals surface area contributed by atoms with Gasteiger partial charge in [0, 0.05) is 9.75 Å². The fraction of sp³-hybridized carbons (Fsp3) is 0.333. The van der Waals surface area contributed by atoms with Crippen LogP contribution < -0.4 is 0 Å². The smallest absolute Gasteiger partial charge is 0.0651 e. The zero-order valence-electron chi connectivity index (χ0n) is 13.6. The van der Waals surface area contributed by atoms with E-state index in [1.54, 1.807) is 5.57 Å². The minimum atomic E-state index is 0.158. The molecule has 3 aliphatic carbocycles. The molecule has 4 rings (SSSR count). The van der Waals surface area contributed by atoms with Gasteiger partial charge in [0.2, 0.25) is 0 Å². The van der Waals surface area contributed by atoms with Gasteiger partial charge in [-0.3, -0.25) is 0 Å². The summed E-state index contributed by atoms with van der Waals surface area (Å²) in [4.78, 5) is 2.75. The second-order valence-electron chi connectivity index (χ2n) is 6.65. The molecule has 0 aromatic carbocycles. The molecule has 1 aromatic heterocycles. The standard InChI is InChI=1S/C21H22OS/c1-13(2)19-18-11-14-7-3-5-9-16(14)20(18)23-21(19)17-10-6-4-8-15(17)12-22/h5-6,9-10,22H,1,3-4,7-8,11-12H2,2H3. The largest absolute Gasteiger partial charge is 0.392 e. The number of hydrogen-bond donors (Lipinski definition) is 1. The molecular formula is C21H22OS. The van der Waals surface area contributed by atoms with Gasteiger partial charge in [0.25, 0.3) is 0 Å². The molecule has 1 N–H and O–H groups in total. The van der Waals surface area contributed by atoms with Gasteiger partial charge in [0.15, 0.2) is 0 Å². The Bertz CT molecular complexity index is 811. The molecule has 0 bridgehead atoms. The van der Waals surface area contributed by atoms with Gasteiger partial charge < -0.3 is 5.11 Å². The highest BCUT2D eigenvalue weighted by Crippen LogP contribution is 2.49. The van der Waals surface area contributed by atoms with E-state index >= 15 is 0 Å². The highest BCUT2D eigenvalue weighted by molar-refractivity contribution is 7.15. The van der Waals surface area contributed by atoms with Crippen molar-refractivity contribution in [3.05, 3.63) is 62.9 Å². The van der Waals surface area contributed by atoms with Gasteiger partial charge in [0.05, 0.1) is 6.61 Å². The Morgan fingerprint density at radius 3 is 2.61 bits per heavy atom. The van der Waals surface area contributed by atoms with Crippen LogP contribution in [0.5, 0.6) is 0 Å². The quantitative estimate of drug-likeness (QED) is 0.775. The minimum absolute atomic E-state index is 0.158. The Hall–Kier alpha value is -1.64. The van der Waals surface area contributed by atoms with Crippen LogP contribution in [0, 0.1) is 0 Å². The number of allylic oxidation sites excluding steroid dienone is 8. The lowest BCUT2D eigenvalue weighted by atomic mass is 9.91. The van der Waals surface area contributed by atoms with Crippen LogP contribution in [-0.4, -0.2) is 11.7 Å². The van der Waals surface area contributed by atoms with Crippen LogP contribution in [0.15, 0.2) is 42.0 Å². The van der Waals surface area contributed by atoms with Crippen LogP contribution in [0.1, 0.15) is 53.5 Å². The highest BCUT2D eigenvalue weighted by atomic mass is 32.1. The molecule has 0 saturated carbocycles. The fourth-order valence-electron chi connectivity index (χ4n) is 3.95. The van der Waals surface area contributed by atoms with Gasteiger partial charge in [-0.15, -0.1) is 11.3 Å². The SMILES string of the molecule is C=C(C)c1c(C2=C(CO)CCC=C2)sc2c1CC1=C2C=CCC1. The van der Waals surface area contributed by atoms with Crippen molar-refractivity contribution in [2.75, 3.05) is 6.61 Å². The molecule has 0 saturated heterocycles. The second-order valence-corrected chi connectivity index (χ2v) is 7.67. The molecular weight excluding hydrogens is 300 g/mol. The molecule has 0 fully saturated rings. The second kappa shape index (κ2) is 5.77. The van der Waals surface area contributed by atoms with E-state index in [1.807, 2.05) is 11.3 Å². The number of hydrogen-bond acceptors (Lipinski definition) is 2. The third-order valence-electron chi connectivity index (χ3n) is 5.06. The van der Waals surface area contributed by atoms with Crippen LogP contribution >= 0.6 is 11.3 Å². The first-order valence-corrected chi connectivity index (χ1v) is 9.22. The van der Waals surface area contributed by atoms with Gasteiger partial charge in [-0.1, -0.05) is 36.5 Å². The zero-order chi connectivity index (χ0) is 16.0. The summed E-state index contributed by atoms with van der Waals surface area (Å²) in [6, 6.07) is 0. The molecule has 0 aliphatic heterocycles. The van der Waals surface area contributed by atoms with Crippen molar-refractivity contribution in [3.63, 3.8) is 0 Å². The molecule has 1 nitrogen and oxygen atoms in total. The van der Waals surface area contributed by atoms with Crippen LogP contribution in [0.4, 0.5) is 0 Å². The van der Waals surface area contributed by atoms with Crippen molar-refractivity contribution in [1.82, 2.24) is 0 Å². The monoisotopic (exact) mass is 322 g/mol. The summed E-state index contributed by atoms with van der Waals surface area (Å²) in [5.41, 5.74) is 9.40. The van der Waals surface area contributed by atoms with Crippen molar-refractivity contribution in [3.8, 4) is 0 Å². The van der Waals surface area contributed by atoms with Crippen molar-refractivity contribution in [1.29, 1.82) is 0 Å². The third-order valence-corrected chi connectivity index (χ3v) is 6.36. The van der Waals surface area contributed by atoms with Crippen LogP contribution in [0.25, 0.3) is 16.7 Å². The van der Waals surface area contributed by atoms with Crippen molar-refractivity contribution < 1.29 is 5.11 Å². The Morgan fingerprint density at radius 1 is 1.13 bits per heavy atom. The Kier molecular flexibility index (Phi) is 3.74. The summed E-state index contributed by atoms with van der Waals surface area (Å²) in [5.74, 6) is 0. The van der Waals surface area contributed by atoms with E-state index in [-0.39, 0.29) is 6.61 Å². The van der Waals surface area contributed by atoms with Gasteiger partial charge in [-0.2, -0.15) is 0 Å². The highest BCUT2D eigenvalue weighted by Gasteiger charge is 2.30. The molecule has 23 heavy (non-hydrogen) atoms. The number of fused-ring (bicyclic) bond motifs is 2. The van der Waals surface area contributed by atoms with Gasteiger partial charge >= 0.3 is 0 Å². The topological polar surface area (TPSA) is 20.2 Å². The maximum Gasteiger partial charge on any atom is 0.0651 e. The van der Waals surface area contributed by atoms with E-state index in [9.17, 15) is 5.11 Å². The van der Waals surface area contributed by atoms with E-state index in [1.165, 1.54) is 50.4 Å². The van der Waals surface area contributed by atoms with E-state index in [4.69, 9.17) is 0 Å². The number of aliphatic hydroxyl groups excluding tert-OH is 1. The fourth-order valence-corrected chi connectivity index (χ4v) is 5.49. The summed E-state index contributed by atoms with van der Waals surface area (Å²) in [6.45, 7) is 6.53. The van der Waals surface area contributed by atoms with Crippen molar-refractivity contribution >= 4 is 28.1 Å². The molecule has 3 aliphatic rings. The summed E-state index contributed by atoms with van der Waals surface area (Å²) < 4.78 is 0. The minimum Gasteiger partial charge on any atom is -0.392 e. The first kappa shape index (κ1) is 14.9. The third kappa shape index (κ3) is 2.32. The molecule has 0 atom stereocenters. The molecule has 2 heteroatoms. The predicted molar refractivity (Wildman–Crippen MR) is 100 cm³/mol. The lowest BCUT2D eigenvalue weighted by Crippen LogP contribution is -2.00. The molecule has 0 spiro atoms. The summed E-state index contributed by atoms with van der Waals surface area (Å²) in [7, 11) is 0. The predicted octanol–water partition coefficient (Wildman–Crippen LogP) is 5.54. The molecule has 0 unspecified atom stereocenters. The molecule has 118 valence electrons. The normalized spacial score (nSPS) is 19.4. The van der Waals surface area contributed by atoms with Crippen molar-refractivity contribution in [2.45, 2.75) is 39.0 Å². The van der Waals surface area contributed by atoms with Crippen LogP contribution in [0.2, 0.25) is 0 Å². The van der Waals surface area contributed by atoms with E-state index in [2.05, 4.69) is 37.8 Å². The van der Waals surface area contributed by atoms with E-state index in [0.29, 0.717) is 0 Å². The molecule has 1 aromatic rings. The van der Waals surface area contributed by atoms with Crippen molar-refractivity contribution in [2.24, 2.45) is 0 Å². The molecule has 0 amide bonds. The Labute approximate surface area is 142 Å². The lowest BCUT2D eigenvalue weighted by molar-refractivity contribution is 0.327. The van der Waals surface area contributed by atoms with Gasteiger partial charge in [-0.05, 0) is 72.4 Å². The lowest BCUT2D eigenvalue weighted by Gasteiger charge is -2.16. The first-order chi connectivity index (χ1) is 11.2. The maximum atomic E-state index is 9.76. The van der Waals surface area contributed by atoms with Crippen LogP contribution in [0.3, 0.4) is 0 Å². The van der Waals surface area contributed by atoms with E-state index in [0.717, 1.165) is 24.8 Å². The Balaban J connectivity index is 1.91. The van der Waals surface area contributed by atoms with Gasteiger partial charge in [-0.25, -0.2) is 0 Å². The Morgan fingerprint density at radius 2 is 1.87 bits per heavy atom. The van der Waals surface area contributed by atoms with Gasteiger partial charge in [0.1, 0.15) is 0 Å². The average molecular weight is 322 g/mol. The first-order valence-electron chi connectivity index (χ1n) is 8.41. The van der Waals surface area contributed by atoms with E-state index < -0.39 is 0 Å². The maximum absolute atomic E-state index is 9.76.